The van der Waals surface area contributed by atoms with Gasteiger partial charge in [0.25, 0.3) is 0 Å². The zero-order chi connectivity index (χ0) is 10.9. The second kappa shape index (κ2) is 4.04. The van der Waals surface area contributed by atoms with Crippen molar-refractivity contribution in [3.63, 3.8) is 0 Å². The van der Waals surface area contributed by atoms with Gasteiger partial charge in [0.1, 0.15) is 0 Å². The number of hydrogen-bond donors (Lipinski definition) is 2. The summed E-state index contributed by atoms with van der Waals surface area (Å²) in [6.07, 6.45) is 1.57. The number of carbonyl (C=O) groups is 1. The quantitative estimate of drug-likeness (QED) is 0.731. The molecule has 15 heavy (non-hydrogen) atoms. The number of nitrogens with zero attached hydrogens (tertiary/aromatic N) is 1. The maximum absolute atomic E-state index is 11.0. The number of hydrogen-bond acceptors (Lipinski definition) is 3. The molecular formula is C10H17N3OS. The highest BCUT2D eigenvalue weighted by Gasteiger charge is 2.27. The molecule has 84 valence electrons. The van der Waals surface area contributed by atoms with Crippen molar-refractivity contribution in [1.82, 2.24) is 10.6 Å². The molecule has 2 saturated heterocycles. The van der Waals surface area contributed by atoms with Crippen LogP contribution in [0.5, 0.6) is 0 Å². The number of amidine groups is 1. The second-order valence-electron chi connectivity index (χ2n) is 4.75. The number of rotatable bonds is 2. The molecule has 0 saturated carbocycles. The zero-order valence-electron chi connectivity index (χ0n) is 9.17. The van der Waals surface area contributed by atoms with Crippen molar-refractivity contribution in [2.24, 2.45) is 4.99 Å². The summed E-state index contributed by atoms with van der Waals surface area (Å²) in [4.78, 5) is 15.5. The number of carbonyl (C=O) groups excluding carboxylic acids is 1. The molecule has 1 amide bonds. The molecule has 0 aliphatic carbocycles. The van der Waals surface area contributed by atoms with Crippen molar-refractivity contribution in [2.45, 2.75) is 38.3 Å². The van der Waals surface area contributed by atoms with Gasteiger partial charge in [0.05, 0.1) is 6.54 Å². The van der Waals surface area contributed by atoms with Crippen molar-refractivity contribution in [1.29, 1.82) is 0 Å². The van der Waals surface area contributed by atoms with Crippen LogP contribution >= 0.6 is 11.8 Å². The van der Waals surface area contributed by atoms with Crippen molar-refractivity contribution in [3.8, 4) is 0 Å². The van der Waals surface area contributed by atoms with Gasteiger partial charge in [0, 0.05) is 23.8 Å². The summed E-state index contributed by atoms with van der Waals surface area (Å²) in [6.45, 7) is 5.04. The first-order valence-electron chi connectivity index (χ1n) is 5.30. The lowest BCUT2D eigenvalue weighted by molar-refractivity contribution is -0.119. The standard InChI is InChI=1S/C10H17N3OS/c1-10(2)6-15-9(13-10)11-5-7-3-4-8(14)12-7/h7H,3-6H2,1-2H3,(H,11,13)(H,12,14). The smallest absolute Gasteiger partial charge is 0.220 e. The summed E-state index contributed by atoms with van der Waals surface area (Å²) in [5, 5.41) is 7.30. The number of thioether (sulfide) groups is 1. The average molecular weight is 227 g/mol. The third-order valence-corrected chi connectivity index (χ3v) is 3.93. The maximum Gasteiger partial charge on any atom is 0.220 e. The van der Waals surface area contributed by atoms with E-state index in [4.69, 9.17) is 0 Å². The monoisotopic (exact) mass is 227 g/mol. The van der Waals surface area contributed by atoms with Gasteiger partial charge in [-0.1, -0.05) is 11.8 Å². The number of aliphatic imine (C=N–C) groups is 1. The molecule has 0 radical (unpaired) electrons. The Kier molecular flexibility index (Phi) is 2.91. The summed E-state index contributed by atoms with van der Waals surface area (Å²) in [7, 11) is 0. The van der Waals surface area contributed by atoms with Gasteiger partial charge in [-0.05, 0) is 20.3 Å². The topological polar surface area (TPSA) is 53.5 Å². The molecule has 2 aliphatic rings. The molecule has 0 bridgehead atoms. The van der Waals surface area contributed by atoms with Gasteiger partial charge >= 0.3 is 0 Å². The summed E-state index contributed by atoms with van der Waals surface area (Å²) >= 11 is 1.76. The minimum Gasteiger partial charge on any atom is -0.359 e. The molecule has 5 heteroatoms. The number of amides is 1. The van der Waals surface area contributed by atoms with E-state index >= 15 is 0 Å². The van der Waals surface area contributed by atoms with E-state index in [2.05, 4.69) is 29.5 Å². The Balaban J connectivity index is 1.82. The largest absolute Gasteiger partial charge is 0.359 e. The Morgan fingerprint density at radius 2 is 2.40 bits per heavy atom. The van der Waals surface area contributed by atoms with Gasteiger partial charge in [-0.2, -0.15) is 0 Å². The van der Waals surface area contributed by atoms with Crippen LogP contribution in [0.3, 0.4) is 0 Å². The summed E-state index contributed by atoms with van der Waals surface area (Å²) in [5.74, 6) is 1.22. The minimum absolute atomic E-state index is 0.155. The second-order valence-corrected chi connectivity index (χ2v) is 5.71. The van der Waals surface area contributed by atoms with Crippen LogP contribution in [-0.2, 0) is 4.79 Å². The van der Waals surface area contributed by atoms with E-state index < -0.39 is 0 Å². The van der Waals surface area contributed by atoms with Crippen LogP contribution < -0.4 is 10.6 Å². The SMILES string of the molecule is CC1(C)CSC(=NCC2CCC(=O)N2)N1. The minimum atomic E-state index is 0.155. The predicted octanol–water partition coefficient (Wildman–Crippen LogP) is 0.736. The molecule has 0 aromatic heterocycles. The first kappa shape index (κ1) is 10.8. The van der Waals surface area contributed by atoms with E-state index in [1.165, 1.54) is 0 Å². The normalized spacial score (nSPS) is 31.7. The molecule has 2 heterocycles. The lowest BCUT2D eigenvalue weighted by atomic mass is 10.1. The predicted molar refractivity (Wildman–Crippen MR) is 63.1 cm³/mol. The molecule has 4 nitrogen and oxygen atoms in total. The molecule has 0 aromatic rings. The van der Waals surface area contributed by atoms with Gasteiger partial charge in [-0.15, -0.1) is 0 Å². The fourth-order valence-corrected chi connectivity index (χ4v) is 2.79. The Morgan fingerprint density at radius 1 is 1.60 bits per heavy atom. The molecule has 0 spiro atoms. The molecular weight excluding hydrogens is 210 g/mol. The van der Waals surface area contributed by atoms with Gasteiger partial charge in [-0.3, -0.25) is 9.79 Å². The van der Waals surface area contributed by atoms with Crippen LogP contribution in [-0.4, -0.2) is 35.0 Å². The highest BCUT2D eigenvalue weighted by molar-refractivity contribution is 8.14. The summed E-state index contributed by atoms with van der Waals surface area (Å²) < 4.78 is 0. The van der Waals surface area contributed by atoms with Crippen LogP contribution in [0.4, 0.5) is 0 Å². The average Bonchev–Trinajstić information content (AvgIpc) is 2.69. The van der Waals surface area contributed by atoms with E-state index in [1.807, 2.05) is 0 Å². The fraction of sp³-hybridized carbons (Fsp3) is 0.800. The Bertz CT molecular complexity index is 301. The van der Waals surface area contributed by atoms with Crippen LogP contribution in [0.15, 0.2) is 4.99 Å². The van der Waals surface area contributed by atoms with Crippen LogP contribution in [0, 0.1) is 0 Å². The van der Waals surface area contributed by atoms with Gasteiger partial charge in [0.2, 0.25) is 5.91 Å². The van der Waals surface area contributed by atoms with Crippen LogP contribution in [0.1, 0.15) is 26.7 Å². The van der Waals surface area contributed by atoms with Crippen molar-refractivity contribution in [2.75, 3.05) is 12.3 Å². The highest BCUT2D eigenvalue weighted by Crippen LogP contribution is 2.22. The molecule has 2 aliphatic heterocycles. The Hall–Kier alpha value is -0.710. The first-order valence-corrected chi connectivity index (χ1v) is 6.28. The molecule has 2 N–H and O–H groups in total. The fourth-order valence-electron chi connectivity index (χ4n) is 1.70. The highest BCUT2D eigenvalue weighted by atomic mass is 32.2. The molecule has 2 fully saturated rings. The van der Waals surface area contributed by atoms with Crippen LogP contribution in [0.2, 0.25) is 0 Å². The molecule has 0 aromatic carbocycles. The van der Waals surface area contributed by atoms with Gasteiger partial charge in [-0.25, -0.2) is 0 Å². The lowest BCUT2D eigenvalue weighted by Gasteiger charge is -2.16. The molecule has 1 unspecified atom stereocenters. The van der Waals surface area contributed by atoms with Crippen molar-refractivity contribution >= 4 is 22.8 Å². The van der Waals surface area contributed by atoms with Gasteiger partial charge < -0.3 is 10.6 Å². The summed E-state index contributed by atoms with van der Waals surface area (Å²) in [6, 6.07) is 0.246. The third kappa shape index (κ3) is 2.87. The van der Waals surface area contributed by atoms with E-state index in [0.29, 0.717) is 13.0 Å². The van der Waals surface area contributed by atoms with Crippen molar-refractivity contribution < 1.29 is 4.79 Å². The van der Waals surface area contributed by atoms with E-state index in [9.17, 15) is 4.79 Å². The van der Waals surface area contributed by atoms with Crippen molar-refractivity contribution in [3.05, 3.63) is 0 Å². The molecule has 2 rings (SSSR count). The number of nitrogens with one attached hydrogen (secondary N) is 2. The Labute approximate surface area is 94.3 Å². The van der Waals surface area contributed by atoms with E-state index in [1.54, 1.807) is 11.8 Å². The van der Waals surface area contributed by atoms with E-state index in [-0.39, 0.29) is 17.5 Å². The Morgan fingerprint density at radius 3 is 2.93 bits per heavy atom. The maximum atomic E-state index is 11.0. The van der Waals surface area contributed by atoms with Crippen LogP contribution in [0.25, 0.3) is 0 Å². The summed E-state index contributed by atoms with van der Waals surface area (Å²) in [5.41, 5.74) is 0.155. The first-order chi connectivity index (χ1) is 7.05. The van der Waals surface area contributed by atoms with Gasteiger partial charge in [0.15, 0.2) is 5.17 Å². The molecule has 1 atom stereocenters. The third-order valence-electron chi connectivity index (χ3n) is 2.56. The van der Waals surface area contributed by atoms with E-state index in [0.717, 1.165) is 17.3 Å². The lowest BCUT2D eigenvalue weighted by Crippen LogP contribution is -2.37. The zero-order valence-corrected chi connectivity index (χ0v) is 9.99.